The number of para-hydroxylation sites is 4. The molecule has 3 heterocycles. The molecule has 3 nitrogen and oxygen atoms in total. The first-order chi connectivity index (χ1) is 29.1. The molecule has 12 aromatic rings. The largest absolute Gasteiger partial charge is 0.309 e. The van der Waals surface area contributed by atoms with E-state index in [2.05, 4.69) is 211 Å². The average molecular weight is 754 g/mol. The van der Waals surface area contributed by atoms with Crippen LogP contribution in [0.25, 0.3) is 110 Å². The number of hydrogen-bond acceptors (Lipinski definition) is 1. The van der Waals surface area contributed by atoms with Crippen LogP contribution in [0.5, 0.6) is 0 Å². The van der Waals surface area contributed by atoms with E-state index in [0.29, 0.717) is 0 Å². The van der Waals surface area contributed by atoms with E-state index in [9.17, 15) is 0 Å². The van der Waals surface area contributed by atoms with Gasteiger partial charge in [-0.25, -0.2) is 4.98 Å². The molecule has 0 saturated heterocycles. The number of benzene rings is 9. The van der Waals surface area contributed by atoms with Gasteiger partial charge in [0, 0.05) is 44.0 Å². The minimum absolute atomic E-state index is 0.881. The lowest BCUT2D eigenvalue weighted by atomic mass is 9.89. The second-order valence-corrected chi connectivity index (χ2v) is 15.8. The minimum atomic E-state index is 0.881. The maximum atomic E-state index is 5.67. The third-order valence-electron chi connectivity index (χ3n) is 12.6. The highest BCUT2D eigenvalue weighted by atomic mass is 15.0. The van der Waals surface area contributed by atoms with Gasteiger partial charge in [0.1, 0.15) is 0 Å². The van der Waals surface area contributed by atoms with Crippen LogP contribution in [0.3, 0.4) is 0 Å². The van der Waals surface area contributed by atoms with Crippen molar-refractivity contribution >= 4 is 75.9 Å². The van der Waals surface area contributed by atoms with Crippen molar-refractivity contribution in [1.82, 2.24) is 14.1 Å². The normalized spacial score (nSPS) is 12.0. The Balaban J connectivity index is 1.14. The van der Waals surface area contributed by atoms with E-state index in [1.165, 1.54) is 92.6 Å². The van der Waals surface area contributed by atoms with Crippen molar-refractivity contribution in [1.29, 1.82) is 0 Å². The van der Waals surface area contributed by atoms with Gasteiger partial charge >= 0.3 is 0 Å². The number of aryl methyl sites for hydroxylation is 2. The zero-order valence-electron chi connectivity index (χ0n) is 32.9. The number of nitrogens with zero attached hydrogens (tertiary/aromatic N) is 3. The molecule has 0 bridgehead atoms. The van der Waals surface area contributed by atoms with Gasteiger partial charge in [-0.15, -0.1) is 0 Å². The molecular formula is C56H39N3. The highest BCUT2D eigenvalue weighted by molar-refractivity contribution is 6.26. The van der Waals surface area contributed by atoms with Gasteiger partial charge in [-0.3, -0.25) is 0 Å². The first-order valence-corrected chi connectivity index (χ1v) is 20.6. The zero-order chi connectivity index (χ0) is 39.2. The molecule has 0 radical (unpaired) electrons. The van der Waals surface area contributed by atoms with E-state index in [1.807, 2.05) is 0 Å². The molecule has 0 spiro atoms. The second-order valence-electron chi connectivity index (χ2n) is 15.8. The summed E-state index contributed by atoms with van der Waals surface area (Å²) in [7, 11) is 0. The summed E-state index contributed by atoms with van der Waals surface area (Å²) in [4.78, 5) is 5.67. The van der Waals surface area contributed by atoms with Crippen molar-refractivity contribution in [3.05, 3.63) is 199 Å². The number of rotatable bonds is 5. The van der Waals surface area contributed by atoms with Gasteiger partial charge < -0.3 is 9.13 Å². The molecule has 0 aliphatic heterocycles. The lowest BCUT2D eigenvalue weighted by molar-refractivity contribution is 1.10. The van der Waals surface area contributed by atoms with Gasteiger partial charge in [0.2, 0.25) is 0 Å². The molecule has 0 amide bonds. The molecule has 3 heteroatoms. The summed E-state index contributed by atoms with van der Waals surface area (Å²) in [6.45, 7) is 4.48. The maximum absolute atomic E-state index is 5.67. The van der Waals surface area contributed by atoms with Crippen LogP contribution in [0.1, 0.15) is 18.1 Å². The van der Waals surface area contributed by atoms with Crippen LogP contribution in [-0.4, -0.2) is 14.1 Å². The third kappa shape index (κ3) is 5.04. The quantitative estimate of drug-likeness (QED) is 0.161. The fraction of sp³-hybridized carbons (Fsp3) is 0.0536. The Hall–Kier alpha value is -7.49. The average Bonchev–Trinajstić information content (AvgIpc) is 3.82. The van der Waals surface area contributed by atoms with Crippen LogP contribution in [0, 0.1) is 6.92 Å². The van der Waals surface area contributed by atoms with Crippen LogP contribution in [0.2, 0.25) is 0 Å². The molecule has 0 atom stereocenters. The van der Waals surface area contributed by atoms with Gasteiger partial charge in [-0.2, -0.15) is 0 Å². The molecule has 12 rings (SSSR count). The number of fused-ring (bicyclic) bond motifs is 12. The first-order valence-electron chi connectivity index (χ1n) is 20.6. The van der Waals surface area contributed by atoms with Crippen molar-refractivity contribution < 1.29 is 0 Å². The Labute approximate surface area is 342 Å². The van der Waals surface area contributed by atoms with Crippen molar-refractivity contribution in [2.45, 2.75) is 20.3 Å². The predicted molar refractivity (Wildman–Crippen MR) is 250 cm³/mol. The van der Waals surface area contributed by atoms with E-state index in [1.54, 1.807) is 0 Å². The molecule has 9 aromatic carbocycles. The molecule has 0 saturated carbocycles. The van der Waals surface area contributed by atoms with Crippen LogP contribution >= 0.6 is 0 Å². The summed E-state index contributed by atoms with van der Waals surface area (Å²) < 4.78 is 4.85. The van der Waals surface area contributed by atoms with Gasteiger partial charge in [0.25, 0.3) is 0 Å². The molecule has 59 heavy (non-hydrogen) atoms. The Morgan fingerprint density at radius 3 is 1.22 bits per heavy atom. The summed E-state index contributed by atoms with van der Waals surface area (Å²) in [5.74, 6) is 0. The third-order valence-corrected chi connectivity index (χ3v) is 12.6. The van der Waals surface area contributed by atoms with E-state index in [0.717, 1.165) is 34.7 Å². The Kier molecular flexibility index (Phi) is 7.42. The van der Waals surface area contributed by atoms with Crippen LogP contribution in [0.4, 0.5) is 0 Å². The maximum Gasteiger partial charge on any atom is 0.0744 e. The summed E-state index contributed by atoms with van der Waals surface area (Å²) in [6.07, 6.45) is 0.881. The molecule has 0 fully saturated rings. The van der Waals surface area contributed by atoms with Crippen LogP contribution < -0.4 is 0 Å². The summed E-state index contributed by atoms with van der Waals surface area (Å²) in [5.41, 5.74) is 13.6. The molecule has 0 unspecified atom stereocenters. The van der Waals surface area contributed by atoms with Gasteiger partial charge in [-0.1, -0.05) is 140 Å². The first kappa shape index (κ1) is 33.6. The van der Waals surface area contributed by atoms with Crippen LogP contribution in [0.15, 0.2) is 188 Å². The van der Waals surface area contributed by atoms with Gasteiger partial charge in [-0.05, 0) is 111 Å². The second kappa shape index (κ2) is 13.0. The molecule has 278 valence electrons. The minimum Gasteiger partial charge on any atom is -0.309 e. The predicted octanol–water partition coefficient (Wildman–Crippen LogP) is 14.9. The lowest BCUT2D eigenvalue weighted by Crippen LogP contribution is -2.01. The zero-order valence-corrected chi connectivity index (χ0v) is 32.9. The molecule has 0 N–H and O–H groups in total. The van der Waals surface area contributed by atoms with E-state index < -0.39 is 0 Å². The summed E-state index contributed by atoms with van der Waals surface area (Å²) in [5, 5.41) is 12.6. The summed E-state index contributed by atoms with van der Waals surface area (Å²) in [6, 6.07) is 69.0. The van der Waals surface area contributed by atoms with Crippen molar-refractivity contribution in [3.63, 3.8) is 0 Å². The monoisotopic (exact) mass is 753 g/mol. The van der Waals surface area contributed by atoms with Crippen molar-refractivity contribution in [2.24, 2.45) is 0 Å². The highest BCUT2D eigenvalue weighted by Gasteiger charge is 2.20. The number of pyridine rings is 1. The Morgan fingerprint density at radius 1 is 0.390 bits per heavy atom. The topological polar surface area (TPSA) is 22.8 Å². The van der Waals surface area contributed by atoms with E-state index >= 15 is 0 Å². The van der Waals surface area contributed by atoms with Gasteiger partial charge in [0.05, 0.1) is 33.5 Å². The molecule has 3 aromatic heterocycles. The SMILES string of the molecule is CCc1ccc(-c2cc(-n3c4ccccc4c4ccccc43)cc(-n3c4ccccc4c4ccccc43)c2)nc1-c1cc2c3ccccc3c3ccccc3c2cc1C. The van der Waals surface area contributed by atoms with Crippen molar-refractivity contribution in [3.8, 4) is 33.9 Å². The Morgan fingerprint density at radius 2 is 0.780 bits per heavy atom. The number of hydrogen-bond donors (Lipinski definition) is 0. The fourth-order valence-corrected chi connectivity index (χ4v) is 9.88. The standard InChI is InChI=1S/C56H39N3/c1-3-36-28-29-51(57-56(36)48-34-50-43-19-7-5-17-41(43)40-16-4-6-18-42(40)49(50)30-35(48)2)37-31-38(58-52-24-12-8-20-44(52)45-21-9-13-25-53(45)58)33-39(32-37)59-54-26-14-10-22-46(54)47-23-11-15-27-55(47)59/h4-34H,3H2,1-2H3. The fourth-order valence-electron chi connectivity index (χ4n) is 9.88. The van der Waals surface area contributed by atoms with Crippen molar-refractivity contribution in [2.75, 3.05) is 0 Å². The smallest absolute Gasteiger partial charge is 0.0744 e. The highest BCUT2D eigenvalue weighted by Crippen LogP contribution is 2.41. The lowest BCUT2D eigenvalue weighted by Gasteiger charge is -2.18. The summed E-state index contributed by atoms with van der Waals surface area (Å²) >= 11 is 0. The molecular weight excluding hydrogens is 715 g/mol. The number of aromatic nitrogens is 3. The van der Waals surface area contributed by atoms with E-state index in [-0.39, 0.29) is 0 Å². The van der Waals surface area contributed by atoms with E-state index in [4.69, 9.17) is 4.98 Å². The Bertz CT molecular complexity index is 3440. The molecule has 0 aliphatic carbocycles. The molecule has 0 aliphatic rings. The van der Waals surface area contributed by atoms with Crippen LogP contribution in [-0.2, 0) is 6.42 Å². The van der Waals surface area contributed by atoms with Gasteiger partial charge in [0.15, 0.2) is 0 Å².